The lowest BCUT2D eigenvalue weighted by Gasteiger charge is -2.17. The zero-order valence-corrected chi connectivity index (χ0v) is 11.1. The van der Waals surface area contributed by atoms with Crippen LogP contribution in [0, 0.1) is 0 Å². The zero-order chi connectivity index (χ0) is 13.7. The molecule has 0 aliphatic rings. The third-order valence-corrected chi connectivity index (χ3v) is 2.85. The molecule has 0 saturated heterocycles. The third kappa shape index (κ3) is 3.13. The minimum atomic E-state index is -0.169. The molecule has 5 heteroatoms. The van der Waals surface area contributed by atoms with Crippen molar-refractivity contribution in [2.24, 2.45) is 0 Å². The Morgan fingerprint density at radius 2 is 1.95 bits per heavy atom. The van der Waals surface area contributed by atoms with Gasteiger partial charge < -0.3 is 9.42 Å². The second kappa shape index (κ2) is 6.04. The van der Waals surface area contributed by atoms with Gasteiger partial charge in [-0.25, -0.2) is 4.79 Å². The Morgan fingerprint density at radius 1 is 1.26 bits per heavy atom. The van der Waals surface area contributed by atoms with Crippen molar-refractivity contribution in [3.05, 3.63) is 36.4 Å². The minimum absolute atomic E-state index is 0.169. The molecular formula is C14H17N3O2. The molecule has 1 aromatic heterocycles. The molecule has 0 saturated carbocycles. The van der Waals surface area contributed by atoms with Gasteiger partial charge in [0.15, 0.2) is 11.6 Å². The van der Waals surface area contributed by atoms with Crippen molar-refractivity contribution in [3.8, 4) is 11.3 Å². The smallest absolute Gasteiger partial charge is 0.323 e. The van der Waals surface area contributed by atoms with Crippen molar-refractivity contribution in [2.45, 2.75) is 13.8 Å². The number of carbonyl (C=O) groups excluding carboxylic acids is 1. The summed E-state index contributed by atoms with van der Waals surface area (Å²) in [6.07, 6.45) is 0. The maximum atomic E-state index is 11.9. The van der Waals surface area contributed by atoms with Gasteiger partial charge in [0.25, 0.3) is 0 Å². The molecule has 2 amide bonds. The van der Waals surface area contributed by atoms with Crippen LogP contribution in [-0.4, -0.2) is 29.2 Å². The number of amides is 2. The van der Waals surface area contributed by atoms with Gasteiger partial charge in [-0.1, -0.05) is 35.5 Å². The molecule has 0 radical (unpaired) electrons. The molecule has 0 aliphatic carbocycles. The molecule has 100 valence electrons. The Labute approximate surface area is 112 Å². The summed E-state index contributed by atoms with van der Waals surface area (Å²) in [7, 11) is 0. The van der Waals surface area contributed by atoms with E-state index in [0.717, 1.165) is 5.56 Å². The van der Waals surface area contributed by atoms with Crippen molar-refractivity contribution in [2.75, 3.05) is 18.4 Å². The number of urea groups is 1. The molecule has 1 N–H and O–H groups in total. The predicted octanol–water partition coefficient (Wildman–Crippen LogP) is 3.22. The van der Waals surface area contributed by atoms with E-state index in [4.69, 9.17) is 4.52 Å². The Balaban J connectivity index is 2.08. The molecule has 2 rings (SSSR count). The highest BCUT2D eigenvalue weighted by Gasteiger charge is 2.12. The van der Waals surface area contributed by atoms with Crippen LogP contribution in [0.4, 0.5) is 10.6 Å². The van der Waals surface area contributed by atoms with Crippen molar-refractivity contribution in [1.82, 2.24) is 10.1 Å². The van der Waals surface area contributed by atoms with Crippen LogP contribution in [-0.2, 0) is 0 Å². The van der Waals surface area contributed by atoms with Crippen molar-refractivity contribution in [1.29, 1.82) is 0 Å². The second-order valence-electron chi connectivity index (χ2n) is 4.04. The first-order valence-corrected chi connectivity index (χ1v) is 6.32. The van der Waals surface area contributed by atoms with E-state index < -0.39 is 0 Å². The fourth-order valence-electron chi connectivity index (χ4n) is 1.77. The fourth-order valence-corrected chi connectivity index (χ4v) is 1.77. The lowest BCUT2D eigenvalue weighted by atomic mass is 10.2. The first kappa shape index (κ1) is 13.1. The van der Waals surface area contributed by atoms with Crippen LogP contribution in [0.1, 0.15) is 13.8 Å². The van der Waals surface area contributed by atoms with Gasteiger partial charge in [0.1, 0.15) is 0 Å². The molecular weight excluding hydrogens is 242 g/mol. The van der Waals surface area contributed by atoms with Crippen LogP contribution < -0.4 is 5.32 Å². The quantitative estimate of drug-likeness (QED) is 0.917. The topological polar surface area (TPSA) is 58.4 Å². The second-order valence-corrected chi connectivity index (χ2v) is 4.04. The number of nitrogens with one attached hydrogen (secondary N) is 1. The van der Waals surface area contributed by atoms with Gasteiger partial charge in [-0.15, -0.1) is 0 Å². The monoisotopic (exact) mass is 259 g/mol. The molecule has 1 heterocycles. The van der Waals surface area contributed by atoms with E-state index >= 15 is 0 Å². The maximum Gasteiger partial charge on any atom is 0.323 e. The summed E-state index contributed by atoms with van der Waals surface area (Å²) >= 11 is 0. The number of hydrogen-bond donors (Lipinski definition) is 1. The summed E-state index contributed by atoms with van der Waals surface area (Å²) in [4.78, 5) is 13.5. The highest BCUT2D eigenvalue weighted by molar-refractivity contribution is 5.88. The van der Waals surface area contributed by atoms with Crippen LogP contribution in [0.5, 0.6) is 0 Å². The number of aromatic nitrogens is 1. The summed E-state index contributed by atoms with van der Waals surface area (Å²) in [5.41, 5.74) is 0.929. The standard InChI is InChI=1S/C14H17N3O2/c1-3-17(4-2)14(18)15-13-10-12(19-16-13)11-8-6-5-7-9-11/h5-10H,3-4H2,1-2H3,(H,15,16,18). The normalized spacial score (nSPS) is 10.2. The number of hydrogen-bond acceptors (Lipinski definition) is 3. The van der Waals surface area contributed by atoms with Gasteiger partial charge in [0.05, 0.1) is 0 Å². The van der Waals surface area contributed by atoms with Gasteiger partial charge in [-0.2, -0.15) is 0 Å². The molecule has 0 bridgehead atoms. The summed E-state index contributed by atoms with van der Waals surface area (Å²) in [5, 5.41) is 6.57. The molecule has 1 aromatic carbocycles. The Morgan fingerprint density at radius 3 is 2.58 bits per heavy atom. The number of benzene rings is 1. The summed E-state index contributed by atoms with van der Waals surface area (Å²) in [5.74, 6) is 1.06. The number of nitrogens with zero attached hydrogens (tertiary/aromatic N) is 2. The van der Waals surface area contributed by atoms with Crippen LogP contribution in [0.25, 0.3) is 11.3 Å². The SMILES string of the molecule is CCN(CC)C(=O)Nc1cc(-c2ccccc2)on1. The highest BCUT2D eigenvalue weighted by atomic mass is 16.5. The number of carbonyl (C=O) groups is 1. The summed E-state index contributed by atoms with van der Waals surface area (Å²) < 4.78 is 5.22. The van der Waals surface area contributed by atoms with Gasteiger partial charge in [-0.05, 0) is 13.8 Å². The van der Waals surface area contributed by atoms with Gasteiger partial charge in [-0.3, -0.25) is 5.32 Å². The van der Waals surface area contributed by atoms with E-state index in [1.54, 1.807) is 11.0 Å². The molecule has 0 atom stereocenters. The average Bonchev–Trinajstić information content (AvgIpc) is 2.89. The molecule has 2 aromatic rings. The van der Waals surface area contributed by atoms with E-state index in [0.29, 0.717) is 24.7 Å². The molecule has 19 heavy (non-hydrogen) atoms. The summed E-state index contributed by atoms with van der Waals surface area (Å²) in [6.45, 7) is 5.18. The zero-order valence-electron chi connectivity index (χ0n) is 11.1. The highest BCUT2D eigenvalue weighted by Crippen LogP contribution is 2.21. The fraction of sp³-hybridized carbons (Fsp3) is 0.286. The average molecular weight is 259 g/mol. The van der Waals surface area contributed by atoms with Crippen LogP contribution in [0.15, 0.2) is 40.9 Å². The Hall–Kier alpha value is -2.30. The van der Waals surface area contributed by atoms with Crippen LogP contribution in [0.2, 0.25) is 0 Å². The van der Waals surface area contributed by atoms with Crippen molar-refractivity contribution >= 4 is 11.8 Å². The number of rotatable bonds is 4. The third-order valence-electron chi connectivity index (χ3n) is 2.85. The largest absolute Gasteiger partial charge is 0.354 e. The first-order chi connectivity index (χ1) is 9.24. The summed E-state index contributed by atoms with van der Waals surface area (Å²) in [6, 6.07) is 11.2. The van der Waals surface area contributed by atoms with Crippen molar-refractivity contribution in [3.63, 3.8) is 0 Å². The minimum Gasteiger partial charge on any atom is -0.354 e. The lowest BCUT2D eigenvalue weighted by Crippen LogP contribution is -2.34. The van der Waals surface area contributed by atoms with E-state index in [1.807, 2.05) is 44.2 Å². The molecule has 5 nitrogen and oxygen atoms in total. The van der Waals surface area contributed by atoms with E-state index in [9.17, 15) is 4.79 Å². The van der Waals surface area contributed by atoms with Crippen molar-refractivity contribution < 1.29 is 9.32 Å². The van der Waals surface area contributed by atoms with Gasteiger partial charge in [0.2, 0.25) is 0 Å². The number of anilines is 1. The molecule has 0 fully saturated rings. The Kier molecular flexibility index (Phi) is 4.18. The first-order valence-electron chi connectivity index (χ1n) is 6.32. The molecule has 0 aliphatic heterocycles. The maximum absolute atomic E-state index is 11.9. The van der Waals surface area contributed by atoms with Gasteiger partial charge in [0, 0.05) is 24.7 Å². The Bertz CT molecular complexity index is 533. The molecule has 0 unspecified atom stereocenters. The van der Waals surface area contributed by atoms with Crippen LogP contribution in [0.3, 0.4) is 0 Å². The molecule has 0 spiro atoms. The van der Waals surface area contributed by atoms with E-state index in [-0.39, 0.29) is 6.03 Å². The predicted molar refractivity (Wildman–Crippen MR) is 73.9 cm³/mol. The lowest BCUT2D eigenvalue weighted by molar-refractivity contribution is 0.217. The van der Waals surface area contributed by atoms with Gasteiger partial charge >= 0.3 is 6.03 Å². The van der Waals surface area contributed by atoms with Crippen LogP contribution >= 0.6 is 0 Å². The van der Waals surface area contributed by atoms with E-state index in [2.05, 4.69) is 10.5 Å². The van der Waals surface area contributed by atoms with E-state index in [1.165, 1.54) is 0 Å².